The van der Waals surface area contributed by atoms with Gasteiger partial charge >= 0.3 is 0 Å². The monoisotopic (exact) mass is 238 g/mol. The molecule has 0 aliphatic rings. The summed E-state index contributed by atoms with van der Waals surface area (Å²) in [6.45, 7) is 6.02. The van der Waals surface area contributed by atoms with Gasteiger partial charge in [-0.2, -0.15) is 0 Å². The summed E-state index contributed by atoms with van der Waals surface area (Å²) in [5.74, 6) is 0.0976. The molecule has 0 fully saturated rings. The first-order chi connectivity index (χ1) is 8.58. The van der Waals surface area contributed by atoms with E-state index in [0.717, 1.165) is 22.3 Å². The molecule has 0 aliphatic heterocycles. The molecule has 1 atom stereocenters. The number of hydrogen-bond acceptors (Lipinski definition) is 1. The molecule has 0 saturated carbocycles. The first kappa shape index (κ1) is 12.6. The lowest BCUT2D eigenvalue weighted by Gasteiger charge is -2.12. The molecule has 0 heterocycles. The van der Waals surface area contributed by atoms with Crippen molar-refractivity contribution >= 4 is 5.78 Å². The second kappa shape index (κ2) is 5.18. The SMILES string of the molecule is Cc1cc(C)cc(C(=O)C(C)c2ccccc2)c1. The molecule has 2 aromatic carbocycles. The van der Waals surface area contributed by atoms with Crippen LogP contribution in [0.5, 0.6) is 0 Å². The van der Waals surface area contributed by atoms with Crippen LogP contribution < -0.4 is 0 Å². The number of benzene rings is 2. The van der Waals surface area contributed by atoms with Crippen molar-refractivity contribution in [2.45, 2.75) is 26.7 Å². The highest BCUT2D eigenvalue weighted by atomic mass is 16.1. The standard InChI is InChI=1S/C17H18O/c1-12-9-13(2)11-16(10-12)17(18)14(3)15-7-5-4-6-8-15/h4-11,14H,1-3H3. The predicted molar refractivity (Wildman–Crippen MR) is 75.1 cm³/mol. The molecule has 0 aromatic heterocycles. The molecule has 0 amide bonds. The first-order valence-electron chi connectivity index (χ1n) is 6.25. The average Bonchev–Trinajstić information content (AvgIpc) is 2.37. The Labute approximate surface area is 108 Å². The Hall–Kier alpha value is -1.89. The number of carbonyl (C=O) groups excluding carboxylic acids is 1. The van der Waals surface area contributed by atoms with Crippen LogP contribution in [0.4, 0.5) is 0 Å². The third-order valence-electron chi connectivity index (χ3n) is 3.20. The highest BCUT2D eigenvalue weighted by Crippen LogP contribution is 2.21. The Kier molecular flexibility index (Phi) is 3.61. The minimum atomic E-state index is -0.0904. The summed E-state index contributed by atoms with van der Waals surface area (Å²) < 4.78 is 0. The van der Waals surface area contributed by atoms with Gasteiger partial charge in [-0.3, -0.25) is 4.79 Å². The Morgan fingerprint density at radius 1 is 0.944 bits per heavy atom. The number of carbonyl (C=O) groups is 1. The molecule has 0 saturated heterocycles. The fourth-order valence-electron chi connectivity index (χ4n) is 2.26. The highest BCUT2D eigenvalue weighted by Gasteiger charge is 2.17. The summed E-state index contributed by atoms with van der Waals surface area (Å²) in [6, 6.07) is 15.9. The van der Waals surface area contributed by atoms with Gasteiger partial charge in [0.15, 0.2) is 5.78 Å². The summed E-state index contributed by atoms with van der Waals surface area (Å²) in [5, 5.41) is 0. The molecule has 18 heavy (non-hydrogen) atoms. The van der Waals surface area contributed by atoms with Crippen LogP contribution in [0.25, 0.3) is 0 Å². The van der Waals surface area contributed by atoms with Gasteiger partial charge in [0, 0.05) is 11.5 Å². The number of rotatable bonds is 3. The van der Waals surface area contributed by atoms with E-state index in [4.69, 9.17) is 0 Å². The van der Waals surface area contributed by atoms with Gasteiger partial charge in [-0.05, 0) is 31.5 Å². The van der Waals surface area contributed by atoms with Crippen molar-refractivity contribution in [1.82, 2.24) is 0 Å². The van der Waals surface area contributed by atoms with Gasteiger partial charge < -0.3 is 0 Å². The van der Waals surface area contributed by atoms with E-state index in [-0.39, 0.29) is 11.7 Å². The predicted octanol–water partition coefficient (Wildman–Crippen LogP) is 4.29. The van der Waals surface area contributed by atoms with Crippen molar-refractivity contribution in [2.24, 2.45) is 0 Å². The van der Waals surface area contributed by atoms with Crippen molar-refractivity contribution in [3.05, 3.63) is 70.8 Å². The largest absolute Gasteiger partial charge is 0.294 e. The van der Waals surface area contributed by atoms with Crippen LogP contribution >= 0.6 is 0 Å². The maximum atomic E-state index is 12.4. The van der Waals surface area contributed by atoms with Crippen molar-refractivity contribution in [2.75, 3.05) is 0 Å². The van der Waals surface area contributed by atoms with Crippen LogP contribution in [-0.2, 0) is 0 Å². The lowest BCUT2D eigenvalue weighted by atomic mass is 9.91. The smallest absolute Gasteiger partial charge is 0.170 e. The molecule has 0 aliphatic carbocycles. The number of hydrogen-bond donors (Lipinski definition) is 0. The summed E-state index contributed by atoms with van der Waals surface area (Å²) in [7, 11) is 0. The summed E-state index contributed by atoms with van der Waals surface area (Å²) in [6.07, 6.45) is 0. The number of Topliss-reactive ketones (excluding diaryl/α,β-unsaturated/α-hetero) is 1. The fourth-order valence-corrected chi connectivity index (χ4v) is 2.26. The van der Waals surface area contributed by atoms with Crippen LogP contribution in [-0.4, -0.2) is 5.78 Å². The fraction of sp³-hybridized carbons (Fsp3) is 0.235. The maximum absolute atomic E-state index is 12.4. The molecule has 1 heteroatoms. The zero-order valence-corrected chi connectivity index (χ0v) is 11.1. The highest BCUT2D eigenvalue weighted by molar-refractivity contribution is 6.01. The Bertz CT molecular complexity index is 535. The van der Waals surface area contributed by atoms with Gasteiger partial charge in [-0.1, -0.05) is 54.4 Å². The first-order valence-corrected chi connectivity index (χ1v) is 6.25. The Balaban J connectivity index is 2.31. The van der Waals surface area contributed by atoms with Crippen molar-refractivity contribution in [1.29, 1.82) is 0 Å². The third kappa shape index (κ3) is 2.67. The van der Waals surface area contributed by atoms with E-state index in [1.54, 1.807) is 0 Å². The second-order valence-corrected chi connectivity index (χ2v) is 4.87. The summed E-state index contributed by atoms with van der Waals surface area (Å²) in [4.78, 5) is 12.4. The second-order valence-electron chi connectivity index (χ2n) is 4.87. The molecule has 2 aromatic rings. The summed E-state index contributed by atoms with van der Waals surface area (Å²) >= 11 is 0. The molecule has 0 N–H and O–H groups in total. The molecule has 0 bridgehead atoms. The zero-order valence-electron chi connectivity index (χ0n) is 11.1. The number of ketones is 1. The van der Waals surface area contributed by atoms with Crippen molar-refractivity contribution in [3.63, 3.8) is 0 Å². The van der Waals surface area contributed by atoms with Crippen LogP contribution in [0.15, 0.2) is 48.5 Å². The Morgan fingerprint density at radius 3 is 2.06 bits per heavy atom. The zero-order chi connectivity index (χ0) is 13.1. The van der Waals surface area contributed by atoms with Gasteiger partial charge in [0.1, 0.15) is 0 Å². The van der Waals surface area contributed by atoms with Crippen molar-refractivity contribution in [3.8, 4) is 0 Å². The van der Waals surface area contributed by atoms with Gasteiger partial charge in [-0.15, -0.1) is 0 Å². The minimum absolute atomic E-state index is 0.0904. The number of aryl methyl sites for hydroxylation is 2. The molecular weight excluding hydrogens is 220 g/mol. The molecular formula is C17H18O. The topological polar surface area (TPSA) is 17.1 Å². The van der Waals surface area contributed by atoms with E-state index < -0.39 is 0 Å². The van der Waals surface area contributed by atoms with Gasteiger partial charge in [-0.25, -0.2) is 0 Å². The lowest BCUT2D eigenvalue weighted by molar-refractivity contribution is 0.0966. The molecule has 1 unspecified atom stereocenters. The molecule has 0 spiro atoms. The van der Waals surface area contributed by atoms with Crippen LogP contribution in [0.3, 0.4) is 0 Å². The van der Waals surface area contributed by atoms with E-state index in [1.807, 2.05) is 63.2 Å². The van der Waals surface area contributed by atoms with E-state index in [0.29, 0.717) is 0 Å². The normalized spacial score (nSPS) is 12.2. The Morgan fingerprint density at radius 2 is 1.50 bits per heavy atom. The molecule has 0 radical (unpaired) electrons. The average molecular weight is 238 g/mol. The van der Waals surface area contributed by atoms with Gasteiger partial charge in [0.25, 0.3) is 0 Å². The molecule has 2 rings (SSSR count). The van der Waals surface area contributed by atoms with Gasteiger partial charge in [0.2, 0.25) is 0 Å². The molecule has 1 nitrogen and oxygen atoms in total. The lowest BCUT2D eigenvalue weighted by Crippen LogP contribution is -2.10. The third-order valence-corrected chi connectivity index (χ3v) is 3.20. The summed E-state index contributed by atoms with van der Waals surface area (Å²) in [5.41, 5.74) is 4.16. The van der Waals surface area contributed by atoms with Crippen molar-refractivity contribution < 1.29 is 4.79 Å². The maximum Gasteiger partial charge on any atom is 0.170 e. The van der Waals surface area contributed by atoms with E-state index in [1.165, 1.54) is 0 Å². The minimum Gasteiger partial charge on any atom is -0.294 e. The van der Waals surface area contributed by atoms with E-state index in [2.05, 4.69) is 6.07 Å². The quantitative estimate of drug-likeness (QED) is 0.729. The van der Waals surface area contributed by atoms with E-state index >= 15 is 0 Å². The van der Waals surface area contributed by atoms with Crippen LogP contribution in [0, 0.1) is 13.8 Å². The van der Waals surface area contributed by atoms with Crippen LogP contribution in [0.1, 0.15) is 39.9 Å². The van der Waals surface area contributed by atoms with Gasteiger partial charge in [0.05, 0.1) is 0 Å². The van der Waals surface area contributed by atoms with E-state index in [9.17, 15) is 4.79 Å². The molecule has 92 valence electrons. The van der Waals surface area contributed by atoms with Crippen LogP contribution in [0.2, 0.25) is 0 Å².